The number of carbonyl (C=O) groups is 1. The molecule has 0 aliphatic carbocycles. The van der Waals surface area contributed by atoms with Crippen LogP contribution in [0, 0.1) is 0 Å². The summed E-state index contributed by atoms with van der Waals surface area (Å²) in [6.45, 7) is 3.41. The molecule has 0 aromatic rings. The average molecular weight is 223 g/mol. The van der Waals surface area contributed by atoms with Crippen molar-refractivity contribution in [1.82, 2.24) is 3.53 Å². The molecule has 0 fully saturated rings. The molecule has 0 unspecified atom stereocenters. The van der Waals surface area contributed by atoms with E-state index < -0.39 is 0 Å². The molecule has 1 N–H and O–H groups in total. The van der Waals surface area contributed by atoms with Crippen LogP contribution in [0.2, 0.25) is 0 Å². The fraction of sp³-hybridized carbons (Fsp3) is 0. The third kappa shape index (κ3) is 2.79. The first kappa shape index (κ1) is 7.68. The molecule has 0 saturated heterocycles. The van der Waals surface area contributed by atoms with Gasteiger partial charge in [0.2, 0.25) is 0 Å². The molecule has 0 amide bonds. The number of rotatable bonds is 3. The van der Waals surface area contributed by atoms with Crippen molar-refractivity contribution in [2.75, 3.05) is 0 Å². The Morgan fingerprint density at radius 3 is 2.50 bits per heavy atom. The second kappa shape index (κ2) is 4.83. The first-order valence-corrected chi connectivity index (χ1v) is 3.07. The van der Waals surface area contributed by atoms with Crippen LogP contribution in [0.5, 0.6) is 0 Å². The van der Waals surface area contributed by atoms with Crippen LogP contribution in [-0.4, -0.2) is 6.29 Å². The maximum Gasteiger partial charge on any atom is 0.151 e. The van der Waals surface area contributed by atoms with E-state index >= 15 is 0 Å². The van der Waals surface area contributed by atoms with E-state index in [1.807, 2.05) is 22.9 Å². The zero-order chi connectivity index (χ0) is 6.41. The molecule has 3 heteroatoms. The standard InChI is InChI=1S/C5H6INO/c1-2-5(4-8)3-7-6/h2-4,7H,1H2/b5-3+. The van der Waals surface area contributed by atoms with Gasteiger partial charge in [0.1, 0.15) is 0 Å². The summed E-state index contributed by atoms with van der Waals surface area (Å²) in [4.78, 5) is 9.94. The number of aldehydes is 1. The van der Waals surface area contributed by atoms with Crippen molar-refractivity contribution in [3.8, 4) is 0 Å². The Morgan fingerprint density at radius 1 is 1.75 bits per heavy atom. The zero-order valence-corrected chi connectivity index (χ0v) is 6.38. The fourth-order valence-electron chi connectivity index (χ4n) is 0.204. The van der Waals surface area contributed by atoms with E-state index in [4.69, 9.17) is 0 Å². The lowest BCUT2D eigenvalue weighted by Crippen LogP contribution is -1.86. The summed E-state index contributed by atoms with van der Waals surface area (Å²) in [6.07, 6.45) is 3.79. The van der Waals surface area contributed by atoms with E-state index in [9.17, 15) is 4.79 Å². The Morgan fingerprint density at radius 2 is 2.38 bits per heavy atom. The normalized spacial score (nSPS) is 10.4. The van der Waals surface area contributed by atoms with Crippen molar-refractivity contribution in [3.63, 3.8) is 0 Å². The number of allylic oxidation sites excluding steroid dienone is 2. The van der Waals surface area contributed by atoms with Crippen molar-refractivity contribution < 1.29 is 4.79 Å². The van der Waals surface area contributed by atoms with Crippen molar-refractivity contribution in [3.05, 3.63) is 24.4 Å². The predicted octanol–water partition coefficient (Wildman–Crippen LogP) is 1.19. The summed E-state index contributed by atoms with van der Waals surface area (Å²) >= 11 is 1.92. The lowest BCUT2D eigenvalue weighted by molar-refractivity contribution is -0.104. The molecule has 2 nitrogen and oxygen atoms in total. The van der Waals surface area contributed by atoms with Gasteiger partial charge in [0.05, 0.1) is 22.9 Å². The van der Waals surface area contributed by atoms with Crippen LogP contribution in [0.3, 0.4) is 0 Å². The van der Waals surface area contributed by atoms with Crippen LogP contribution >= 0.6 is 22.9 Å². The van der Waals surface area contributed by atoms with Crippen LogP contribution in [0.1, 0.15) is 0 Å². The lowest BCUT2D eigenvalue weighted by Gasteiger charge is -1.84. The molecule has 0 bridgehead atoms. The van der Waals surface area contributed by atoms with Gasteiger partial charge >= 0.3 is 0 Å². The second-order valence-electron chi connectivity index (χ2n) is 1.08. The molecule has 44 valence electrons. The summed E-state index contributed by atoms with van der Waals surface area (Å²) in [6, 6.07) is 0. The number of carbonyl (C=O) groups excluding carboxylic acids is 1. The fourth-order valence-corrected chi connectivity index (χ4v) is 0.564. The minimum Gasteiger partial charge on any atom is -0.334 e. The van der Waals surface area contributed by atoms with E-state index in [2.05, 4.69) is 10.1 Å². The summed E-state index contributed by atoms with van der Waals surface area (Å²) in [5.74, 6) is 0. The largest absolute Gasteiger partial charge is 0.334 e. The van der Waals surface area contributed by atoms with Crippen molar-refractivity contribution >= 4 is 29.2 Å². The molecule has 0 spiro atoms. The summed E-state index contributed by atoms with van der Waals surface area (Å²) < 4.78 is 2.68. The Kier molecular flexibility index (Phi) is 4.64. The molecule has 0 aromatic carbocycles. The highest BCUT2D eigenvalue weighted by atomic mass is 127. The van der Waals surface area contributed by atoms with Gasteiger partial charge in [-0.3, -0.25) is 4.79 Å². The van der Waals surface area contributed by atoms with Gasteiger partial charge in [0, 0.05) is 11.8 Å². The van der Waals surface area contributed by atoms with Crippen molar-refractivity contribution in [2.45, 2.75) is 0 Å². The summed E-state index contributed by atoms with van der Waals surface area (Å²) in [5.41, 5.74) is 0.555. The maximum atomic E-state index is 9.94. The molecule has 0 rings (SSSR count). The van der Waals surface area contributed by atoms with Gasteiger partial charge in [0.25, 0.3) is 0 Å². The third-order valence-electron chi connectivity index (χ3n) is 0.593. The number of halogens is 1. The van der Waals surface area contributed by atoms with Crippen LogP contribution in [0.25, 0.3) is 0 Å². The molecule has 0 atom stereocenters. The van der Waals surface area contributed by atoms with E-state index in [0.717, 1.165) is 6.29 Å². The van der Waals surface area contributed by atoms with E-state index in [-0.39, 0.29) is 0 Å². The molecular weight excluding hydrogens is 217 g/mol. The molecule has 8 heavy (non-hydrogen) atoms. The van der Waals surface area contributed by atoms with E-state index in [0.29, 0.717) is 5.57 Å². The Bertz CT molecular complexity index is 110. The Labute approximate surface area is 62.1 Å². The predicted molar refractivity (Wildman–Crippen MR) is 41.5 cm³/mol. The first-order chi connectivity index (χ1) is 3.85. The van der Waals surface area contributed by atoms with E-state index in [1.54, 1.807) is 6.20 Å². The highest BCUT2D eigenvalue weighted by molar-refractivity contribution is 14.1. The van der Waals surface area contributed by atoms with Crippen molar-refractivity contribution in [2.24, 2.45) is 0 Å². The Hall–Kier alpha value is -0.320. The first-order valence-electron chi connectivity index (χ1n) is 1.99. The van der Waals surface area contributed by atoms with Crippen LogP contribution in [0.4, 0.5) is 0 Å². The maximum absolute atomic E-state index is 9.94. The summed E-state index contributed by atoms with van der Waals surface area (Å²) in [5, 5.41) is 0. The zero-order valence-electron chi connectivity index (χ0n) is 4.23. The molecule has 0 aromatic heterocycles. The van der Waals surface area contributed by atoms with Crippen LogP contribution in [-0.2, 0) is 4.79 Å². The number of nitrogens with one attached hydrogen (secondary N) is 1. The van der Waals surface area contributed by atoms with Gasteiger partial charge in [0.15, 0.2) is 6.29 Å². The molecular formula is C5H6INO. The van der Waals surface area contributed by atoms with Gasteiger partial charge in [-0.2, -0.15) is 0 Å². The highest BCUT2D eigenvalue weighted by Crippen LogP contribution is 1.87. The molecule has 0 aliphatic heterocycles. The number of hydrogen-bond donors (Lipinski definition) is 1. The molecule has 0 aliphatic rings. The van der Waals surface area contributed by atoms with Gasteiger partial charge in [-0.05, 0) is 0 Å². The van der Waals surface area contributed by atoms with Gasteiger partial charge in [-0.15, -0.1) is 0 Å². The SMILES string of the molecule is C=C/C(C=O)=C\NI. The average Bonchev–Trinajstić information content (AvgIpc) is 1.83. The van der Waals surface area contributed by atoms with E-state index in [1.165, 1.54) is 6.08 Å². The topological polar surface area (TPSA) is 29.1 Å². The Balaban J connectivity index is 3.85. The quantitative estimate of drug-likeness (QED) is 0.256. The highest BCUT2D eigenvalue weighted by Gasteiger charge is 1.80. The monoisotopic (exact) mass is 223 g/mol. The van der Waals surface area contributed by atoms with Gasteiger partial charge < -0.3 is 3.53 Å². The van der Waals surface area contributed by atoms with Gasteiger partial charge in [-0.1, -0.05) is 12.7 Å². The molecule has 0 radical (unpaired) electrons. The number of hydrogen-bond acceptors (Lipinski definition) is 2. The summed E-state index contributed by atoms with van der Waals surface area (Å²) in [7, 11) is 0. The minimum absolute atomic E-state index is 0.555. The minimum atomic E-state index is 0.555. The van der Waals surface area contributed by atoms with Crippen LogP contribution in [0.15, 0.2) is 24.4 Å². The van der Waals surface area contributed by atoms with Crippen molar-refractivity contribution in [1.29, 1.82) is 0 Å². The third-order valence-corrected chi connectivity index (χ3v) is 0.904. The second-order valence-corrected chi connectivity index (χ2v) is 1.70. The van der Waals surface area contributed by atoms with Gasteiger partial charge in [-0.25, -0.2) is 0 Å². The molecule has 0 saturated carbocycles. The smallest absolute Gasteiger partial charge is 0.151 e. The van der Waals surface area contributed by atoms with Crippen LogP contribution < -0.4 is 3.53 Å². The molecule has 0 heterocycles. The lowest BCUT2D eigenvalue weighted by atomic mass is 10.3.